The Balaban J connectivity index is 1.21. The number of halogens is 1. The Hall–Kier alpha value is -1.26. The van der Waals surface area contributed by atoms with Crippen molar-refractivity contribution in [1.82, 2.24) is 14.1 Å². The second kappa shape index (κ2) is 8.83. The van der Waals surface area contributed by atoms with Crippen LogP contribution in [0.1, 0.15) is 19.3 Å². The molecule has 1 aromatic rings. The highest BCUT2D eigenvalue weighted by molar-refractivity contribution is 7.89. The van der Waals surface area contributed by atoms with Gasteiger partial charge in [-0.2, -0.15) is 4.31 Å². The average Bonchev–Trinajstić information content (AvgIpc) is 3.18. The third-order valence-corrected chi connectivity index (χ3v) is 9.61. The molecule has 7 nitrogen and oxygen atoms in total. The summed E-state index contributed by atoms with van der Waals surface area (Å²) < 4.78 is 48.3. The van der Waals surface area contributed by atoms with Gasteiger partial charge < -0.3 is 19.4 Å². The molecule has 1 spiro atoms. The minimum Gasteiger partial charge on any atom is -0.381 e. The summed E-state index contributed by atoms with van der Waals surface area (Å²) in [5.41, 5.74) is 0.623. The van der Waals surface area contributed by atoms with E-state index in [-0.39, 0.29) is 10.3 Å². The average molecular weight is 467 g/mol. The number of nitrogens with zero attached hydrogens (tertiary/aromatic N) is 4. The normalized spacial score (nSPS) is 29.0. The molecule has 1 atom stereocenters. The van der Waals surface area contributed by atoms with Crippen molar-refractivity contribution in [2.45, 2.75) is 24.2 Å². The summed E-state index contributed by atoms with van der Waals surface area (Å²) in [4.78, 5) is 6.87. The molecule has 0 radical (unpaired) electrons. The molecule has 1 unspecified atom stereocenters. The van der Waals surface area contributed by atoms with E-state index >= 15 is 4.39 Å². The van der Waals surface area contributed by atoms with Crippen molar-refractivity contribution >= 4 is 15.7 Å². The van der Waals surface area contributed by atoms with Crippen LogP contribution in [0.4, 0.5) is 10.1 Å². The molecule has 178 valence electrons. The van der Waals surface area contributed by atoms with Gasteiger partial charge in [-0.1, -0.05) is 0 Å². The maximum absolute atomic E-state index is 15.1. The largest absolute Gasteiger partial charge is 0.381 e. The Morgan fingerprint density at radius 3 is 2.59 bits per heavy atom. The van der Waals surface area contributed by atoms with E-state index in [0.29, 0.717) is 24.7 Å². The van der Waals surface area contributed by atoms with E-state index in [0.717, 1.165) is 78.3 Å². The van der Waals surface area contributed by atoms with Crippen LogP contribution >= 0.6 is 0 Å². The first-order chi connectivity index (χ1) is 15.3. The molecular formula is C23H35FN4O3S. The van der Waals surface area contributed by atoms with Crippen LogP contribution in [0, 0.1) is 17.2 Å². The molecule has 32 heavy (non-hydrogen) atoms. The zero-order chi connectivity index (χ0) is 22.3. The molecule has 0 aromatic heterocycles. The van der Waals surface area contributed by atoms with E-state index in [2.05, 4.69) is 21.7 Å². The molecule has 5 rings (SSSR count). The van der Waals surface area contributed by atoms with Gasteiger partial charge in [0.15, 0.2) is 0 Å². The fourth-order valence-electron chi connectivity index (χ4n) is 5.67. The zero-order valence-corrected chi connectivity index (χ0v) is 19.8. The van der Waals surface area contributed by atoms with Gasteiger partial charge >= 0.3 is 0 Å². The van der Waals surface area contributed by atoms with Crippen molar-refractivity contribution in [1.29, 1.82) is 0 Å². The van der Waals surface area contributed by atoms with Crippen LogP contribution in [0.5, 0.6) is 0 Å². The second-order valence-electron chi connectivity index (χ2n) is 10.2. The number of ether oxygens (including phenoxy) is 1. The Morgan fingerprint density at radius 2 is 1.91 bits per heavy atom. The first-order valence-corrected chi connectivity index (χ1v) is 13.3. The molecule has 4 aliphatic rings. The van der Waals surface area contributed by atoms with Crippen LogP contribution in [0.3, 0.4) is 0 Å². The van der Waals surface area contributed by atoms with Crippen LogP contribution < -0.4 is 4.90 Å². The summed E-state index contributed by atoms with van der Waals surface area (Å²) in [6.07, 6.45) is 3.13. The first-order valence-electron chi connectivity index (χ1n) is 11.9. The maximum Gasteiger partial charge on any atom is 0.243 e. The predicted molar refractivity (Wildman–Crippen MR) is 122 cm³/mol. The molecule has 9 heteroatoms. The van der Waals surface area contributed by atoms with Gasteiger partial charge in [-0.15, -0.1) is 0 Å². The standard InChI is InChI=1S/C23H35FN4O3S/c1-25-8-10-26(11-9-25)14-19-15-28(16-19)32(29,30)20-3-4-22(21(24)13-20)27-7-2-5-23(17-27)6-12-31-18-23/h3-4,13,19H,2,5-12,14-18H2,1H3. The number of hydrogen-bond acceptors (Lipinski definition) is 6. The minimum absolute atomic E-state index is 0.0627. The number of hydrogen-bond donors (Lipinski definition) is 0. The van der Waals surface area contributed by atoms with Gasteiger partial charge in [-0.05, 0) is 50.4 Å². The first kappa shape index (κ1) is 22.5. The smallest absolute Gasteiger partial charge is 0.243 e. The Kier molecular flexibility index (Phi) is 6.22. The van der Waals surface area contributed by atoms with Gasteiger partial charge in [0.2, 0.25) is 10.0 Å². The third-order valence-electron chi connectivity index (χ3n) is 7.78. The van der Waals surface area contributed by atoms with E-state index < -0.39 is 15.8 Å². The van der Waals surface area contributed by atoms with E-state index in [9.17, 15) is 8.42 Å². The lowest BCUT2D eigenvalue weighted by Gasteiger charge is -2.42. The quantitative estimate of drug-likeness (QED) is 0.659. The van der Waals surface area contributed by atoms with E-state index in [4.69, 9.17) is 4.74 Å². The molecule has 1 aromatic carbocycles. The molecule has 4 aliphatic heterocycles. The van der Waals surface area contributed by atoms with Gasteiger partial charge in [-0.25, -0.2) is 12.8 Å². The number of piperidine rings is 1. The second-order valence-corrected chi connectivity index (χ2v) is 12.2. The van der Waals surface area contributed by atoms with Crippen LogP contribution in [-0.4, -0.2) is 102 Å². The summed E-state index contributed by atoms with van der Waals surface area (Å²) in [6, 6.07) is 4.44. The summed E-state index contributed by atoms with van der Waals surface area (Å²) in [7, 11) is -1.52. The number of likely N-dealkylation sites (N-methyl/N-ethyl adjacent to an activating group) is 1. The van der Waals surface area contributed by atoms with Crippen molar-refractivity contribution < 1.29 is 17.5 Å². The van der Waals surface area contributed by atoms with Crippen molar-refractivity contribution in [3.05, 3.63) is 24.0 Å². The predicted octanol–water partition coefficient (Wildman–Crippen LogP) is 1.70. The topological polar surface area (TPSA) is 56.3 Å². The van der Waals surface area contributed by atoms with E-state index in [1.807, 2.05) is 0 Å². The maximum atomic E-state index is 15.1. The molecule has 0 N–H and O–H groups in total. The van der Waals surface area contributed by atoms with Crippen molar-refractivity contribution in [2.75, 3.05) is 84.1 Å². The molecule has 0 saturated carbocycles. The number of benzene rings is 1. The molecule has 0 bridgehead atoms. The summed E-state index contributed by atoms with van der Waals surface area (Å²) in [6.45, 7) is 9.26. The highest BCUT2D eigenvalue weighted by atomic mass is 32.2. The minimum atomic E-state index is -3.65. The van der Waals surface area contributed by atoms with Crippen LogP contribution in [0.25, 0.3) is 0 Å². The Morgan fingerprint density at radius 1 is 1.12 bits per heavy atom. The lowest BCUT2D eigenvalue weighted by Crippen LogP contribution is -2.55. The van der Waals surface area contributed by atoms with E-state index in [1.165, 1.54) is 10.4 Å². The molecule has 0 amide bonds. The van der Waals surface area contributed by atoms with Gasteiger partial charge in [0.05, 0.1) is 17.2 Å². The summed E-state index contributed by atoms with van der Waals surface area (Å²) >= 11 is 0. The number of piperazine rings is 1. The van der Waals surface area contributed by atoms with Crippen molar-refractivity contribution in [3.8, 4) is 0 Å². The number of anilines is 1. The van der Waals surface area contributed by atoms with Crippen LogP contribution in [0.2, 0.25) is 0 Å². The summed E-state index contributed by atoms with van der Waals surface area (Å²) in [5.74, 6) is -0.0907. The zero-order valence-electron chi connectivity index (χ0n) is 19.0. The number of sulfonamides is 1. The Labute approximate surface area is 191 Å². The van der Waals surface area contributed by atoms with E-state index in [1.54, 1.807) is 12.1 Å². The third kappa shape index (κ3) is 4.42. The van der Waals surface area contributed by atoms with Gasteiger partial charge in [0.1, 0.15) is 5.82 Å². The van der Waals surface area contributed by atoms with Crippen LogP contribution in [0.15, 0.2) is 23.1 Å². The van der Waals surface area contributed by atoms with Crippen molar-refractivity contribution in [2.24, 2.45) is 11.3 Å². The molecule has 0 aliphatic carbocycles. The van der Waals surface area contributed by atoms with Gasteiger partial charge in [0.25, 0.3) is 0 Å². The van der Waals surface area contributed by atoms with Crippen molar-refractivity contribution in [3.63, 3.8) is 0 Å². The Bertz CT molecular complexity index is 923. The molecule has 4 saturated heterocycles. The SMILES string of the molecule is CN1CCN(CC2CN(S(=O)(=O)c3ccc(N4CCCC5(CCOC5)C4)c(F)c3)C2)CC1. The fourth-order valence-corrected chi connectivity index (χ4v) is 7.27. The monoisotopic (exact) mass is 466 g/mol. The highest BCUT2D eigenvalue weighted by Gasteiger charge is 2.40. The highest BCUT2D eigenvalue weighted by Crippen LogP contribution is 2.40. The molecular weight excluding hydrogens is 431 g/mol. The van der Waals surface area contributed by atoms with Crippen LogP contribution in [-0.2, 0) is 14.8 Å². The lowest BCUT2D eigenvalue weighted by molar-refractivity contribution is 0.0940. The van der Waals surface area contributed by atoms with Gasteiger partial charge in [0, 0.05) is 70.9 Å². The molecule has 4 fully saturated rings. The summed E-state index contributed by atoms with van der Waals surface area (Å²) in [5, 5.41) is 0. The number of rotatable bonds is 5. The van der Waals surface area contributed by atoms with Gasteiger partial charge in [-0.3, -0.25) is 0 Å². The lowest BCUT2D eigenvalue weighted by atomic mass is 9.79. The fraction of sp³-hybridized carbons (Fsp3) is 0.739. The molecule has 4 heterocycles.